The minimum atomic E-state index is -0.309. The van der Waals surface area contributed by atoms with Crippen LogP contribution in [-0.2, 0) is 0 Å². The van der Waals surface area contributed by atoms with Gasteiger partial charge in [0.1, 0.15) is 11.6 Å². The first-order valence-electron chi connectivity index (χ1n) is 5.20. The van der Waals surface area contributed by atoms with Crippen LogP contribution in [-0.4, -0.2) is 24.6 Å². The maximum absolute atomic E-state index is 12.7. The minimum absolute atomic E-state index is 0.309. The summed E-state index contributed by atoms with van der Waals surface area (Å²) in [5.41, 5.74) is 5.53. The van der Waals surface area contributed by atoms with Crippen molar-refractivity contribution in [1.29, 1.82) is 0 Å². The number of nitrogens with two attached hydrogens (primary N) is 1. The van der Waals surface area contributed by atoms with Gasteiger partial charge in [-0.1, -0.05) is 13.8 Å². The zero-order chi connectivity index (χ0) is 11.3. The molecule has 0 spiro atoms. The molecule has 0 aromatic carbocycles. The predicted octanol–water partition coefficient (Wildman–Crippen LogP) is 1.64. The van der Waals surface area contributed by atoms with Crippen molar-refractivity contribution in [2.45, 2.75) is 13.8 Å². The fourth-order valence-electron chi connectivity index (χ4n) is 1.45. The Kier molecular flexibility index (Phi) is 4.49. The highest BCUT2D eigenvalue weighted by Gasteiger charge is 2.08. The summed E-state index contributed by atoms with van der Waals surface area (Å²) in [6.45, 7) is 6.47. The highest BCUT2D eigenvalue weighted by molar-refractivity contribution is 5.37. The van der Waals surface area contributed by atoms with E-state index in [0.29, 0.717) is 12.5 Å². The van der Waals surface area contributed by atoms with Gasteiger partial charge in [0.15, 0.2) is 0 Å². The molecule has 4 heteroatoms. The maximum atomic E-state index is 12.7. The van der Waals surface area contributed by atoms with Gasteiger partial charge in [0.25, 0.3) is 0 Å². The number of hydrogen-bond donors (Lipinski definition) is 1. The molecule has 2 N–H and O–H groups in total. The van der Waals surface area contributed by atoms with Crippen LogP contribution in [0.5, 0.6) is 0 Å². The lowest BCUT2D eigenvalue weighted by molar-refractivity contribution is 0.600. The lowest BCUT2D eigenvalue weighted by Gasteiger charge is -2.24. The molecular formula is C11H18FN3. The van der Waals surface area contributed by atoms with Gasteiger partial charge in [-0.15, -0.1) is 0 Å². The van der Waals surface area contributed by atoms with Gasteiger partial charge in [0.05, 0.1) is 6.20 Å². The molecule has 0 fully saturated rings. The van der Waals surface area contributed by atoms with E-state index in [4.69, 9.17) is 5.73 Å². The molecule has 1 aromatic rings. The number of rotatable bonds is 5. The fraction of sp³-hybridized carbons (Fsp3) is 0.545. The number of nitrogens with zero attached hydrogens (tertiary/aromatic N) is 2. The molecule has 84 valence electrons. The quantitative estimate of drug-likeness (QED) is 0.805. The van der Waals surface area contributed by atoms with Gasteiger partial charge >= 0.3 is 0 Å². The summed E-state index contributed by atoms with van der Waals surface area (Å²) in [6, 6.07) is 3.11. The topological polar surface area (TPSA) is 42.1 Å². The van der Waals surface area contributed by atoms with Crippen LogP contribution in [0.15, 0.2) is 18.3 Å². The van der Waals surface area contributed by atoms with E-state index in [2.05, 4.69) is 23.7 Å². The average molecular weight is 211 g/mol. The normalized spacial score (nSPS) is 10.7. The molecule has 0 bridgehead atoms. The minimum Gasteiger partial charge on any atom is -0.355 e. The Morgan fingerprint density at radius 3 is 2.67 bits per heavy atom. The number of halogens is 1. The standard InChI is InChI=1S/C11H18FN3/c1-9(2)8-15(6-5-13)11-4-3-10(12)7-14-11/h3-4,7,9H,5-6,8,13H2,1-2H3. The monoisotopic (exact) mass is 211 g/mol. The van der Waals surface area contributed by atoms with Gasteiger partial charge in [-0.2, -0.15) is 0 Å². The zero-order valence-corrected chi connectivity index (χ0v) is 9.28. The third-order valence-corrected chi connectivity index (χ3v) is 2.02. The number of hydrogen-bond acceptors (Lipinski definition) is 3. The molecule has 1 rings (SSSR count). The Morgan fingerprint density at radius 2 is 2.20 bits per heavy atom. The van der Waals surface area contributed by atoms with Crippen molar-refractivity contribution in [1.82, 2.24) is 4.98 Å². The van der Waals surface area contributed by atoms with E-state index in [9.17, 15) is 4.39 Å². The van der Waals surface area contributed by atoms with Gasteiger partial charge in [-0.3, -0.25) is 0 Å². The largest absolute Gasteiger partial charge is 0.355 e. The van der Waals surface area contributed by atoms with E-state index in [1.165, 1.54) is 12.3 Å². The van der Waals surface area contributed by atoms with Crippen LogP contribution in [0.4, 0.5) is 10.2 Å². The lowest BCUT2D eigenvalue weighted by Crippen LogP contribution is -2.33. The molecule has 3 nitrogen and oxygen atoms in total. The molecule has 1 heterocycles. The molecule has 1 aromatic heterocycles. The van der Waals surface area contributed by atoms with Crippen LogP contribution in [0.2, 0.25) is 0 Å². The van der Waals surface area contributed by atoms with Gasteiger partial charge in [-0.25, -0.2) is 9.37 Å². The van der Waals surface area contributed by atoms with Crippen molar-refractivity contribution in [3.8, 4) is 0 Å². The van der Waals surface area contributed by atoms with Gasteiger partial charge in [0.2, 0.25) is 0 Å². The van der Waals surface area contributed by atoms with E-state index >= 15 is 0 Å². The number of anilines is 1. The molecule has 15 heavy (non-hydrogen) atoms. The van der Waals surface area contributed by atoms with Gasteiger partial charge < -0.3 is 10.6 Å². The van der Waals surface area contributed by atoms with Crippen molar-refractivity contribution in [3.63, 3.8) is 0 Å². The van der Waals surface area contributed by atoms with Crippen LogP contribution >= 0.6 is 0 Å². The summed E-state index contributed by atoms with van der Waals surface area (Å²) in [5, 5.41) is 0. The molecule has 0 saturated heterocycles. The van der Waals surface area contributed by atoms with Gasteiger partial charge in [0, 0.05) is 19.6 Å². The summed E-state index contributed by atoms with van der Waals surface area (Å²) in [5.74, 6) is 1.01. The summed E-state index contributed by atoms with van der Waals surface area (Å²) in [7, 11) is 0. The predicted molar refractivity (Wildman–Crippen MR) is 60.3 cm³/mol. The Labute approximate surface area is 90.1 Å². The Bertz CT molecular complexity index is 284. The number of pyridine rings is 1. The van der Waals surface area contributed by atoms with E-state index in [0.717, 1.165) is 18.9 Å². The highest BCUT2D eigenvalue weighted by atomic mass is 19.1. The maximum Gasteiger partial charge on any atom is 0.141 e. The summed E-state index contributed by atoms with van der Waals surface area (Å²) in [4.78, 5) is 6.12. The third kappa shape index (κ3) is 3.83. The molecule has 0 aliphatic carbocycles. The van der Waals surface area contributed by atoms with Crippen LogP contribution in [0.3, 0.4) is 0 Å². The summed E-state index contributed by atoms with van der Waals surface area (Å²) >= 11 is 0. The fourth-order valence-corrected chi connectivity index (χ4v) is 1.45. The molecular weight excluding hydrogens is 193 g/mol. The first-order valence-corrected chi connectivity index (χ1v) is 5.20. The molecule has 0 amide bonds. The third-order valence-electron chi connectivity index (χ3n) is 2.02. The van der Waals surface area contributed by atoms with Crippen molar-refractivity contribution in [2.75, 3.05) is 24.5 Å². The highest BCUT2D eigenvalue weighted by Crippen LogP contribution is 2.12. The van der Waals surface area contributed by atoms with Crippen molar-refractivity contribution >= 4 is 5.82 Å². The Hall–Kier alpha value is -1.16. The first kappa shape index (κ1) is 11.9. The molecule has 0 aliphatic rings. The second kappa shape index (κ2) is 5.66. The van der Waals surface area contributed by atoms with Crippen LogP contribution in [0.1, 0.15) is 13.8 Å². The first-order chi connectivity index (χ1) is 7.13. The number of aromatic nitrogens is 1. The Balaban J connectivity index is 2.74. The van der Waals surface area contributed by atoms with Crippen LogP contribution < -0.4 is 10.6 Å². The smallest absolute Gasteiger partial charge is 0.141 e. The van der Waals surface area contributed by atoms with Crippen molar-refractivity contribution in [2.24, 2.45) is 11.7 Å². The second-order valence-corrected chi connectivity index (χ2v) is 3.96. The van der Waals surface area contributed by atoms with Crippen molar-refractivity contribution in [3.05, 3.63) is 24.1 Å². The van der Waals surface area contributed by atoms with E-state index < -0.39 is 0 Å². The summed E-state index contributed by atoms with van der Waals surface area (Å²) < 4.78 is 12.7. The molecule has 0 aliphatic heterocycles. The lowest BCUT2D eigenvalue weighted by atomic mass is 10.2. The van der Waals surface area contributed by atoms with E-state index in [1.807, 2.05) is 0 Å². The average Bonchev–Trinajstić information content (AvgIpc) is 2.17. The van der Waals surface area contributed by atoms with E-state index in [-0.39, 0.29) is 5.82 Å². The zero-order valence-electron chi connectivity index (χ0n) is 9.28. The van der Waals surface area contributed by atoms with Crippen molar-refractivity contribution < 1.29 is 4.39 Å². The molecule has 0 saturated carbocycles. The molecule has 0 atom stereocenters. The van der Waals surface area contributed by atoms with Gasteiger partial charge in [-0.05, 0) is 18.1 Å². The van der Waals surface area contributed by atoms with Crippen LogP contribution in [0.25, 0.3) is 0 Å². The Morgan fingerprint density at radius 1 is 1.47 bits per heavy atom. The SMILES string of the molecule is CC(C)CN(CCN)c1ccc(F)cn1. The van der Waals surface area contributed by atoms with E-state index in [1.54, 1.807) is 6.07 Å². The molecule has 0 unspecified atom stereocenters. The summed E-state index contributed by atoms with van der Waals surface area (Å²) in [6.07, 6.45) is 1.24. The molecule has 0 radical (unpaired) electrons. The second-order valence-electron chi connectivity index (χ2n) is 3.96. The van der Waals surface area contributed by atoms with Crippen LogP contribution in [0, 0.1) is 11.7 Å².